The summed E-state index contributed by atoms with van der Waals surface area (Å²) in [5, 5.41) is 9.50. The van der Waals surface area contributed by atoms with Crippen LogP contribution < -0.4 is 5.56 Å². The van der Waals surface area contributed by atoms with E-state index < -0.39 is 11.5 Å². The van der Waals surface area contributed by atoms with Crippen LogP contribution in [0.3, 0.4) is 0 Å². The predicted molar refractivity (Wildman–Crippen MR) is 116 cm³/mol. The number of aryl methyl sites for hydroxylation is 1. The van der Waals surface area contributed by atoms with Crippen molar-refractivity contribution in [2.45, 2.75) is 33.2 Å². The number of nitrogens with zero attached hydrogens (tertiary/aromatic N) is 2. The van der Waals surface area contributed by atoms with Gasteiger partial charge in [0, 0.05) is 11.5 Å². The molecular formula is C23H25N3O6. The topological polar surface area (TPSA) is 126 Å². The molecule has 0 spiro atoms. The second-order valence-corrected chi connectivity index (χ2v) is 7.91. The molecule has 4 rings (SSSR count). The summed E-state index contributed by atoms with van der Waals surface area (Å²) >= 11 is 0. The summed E-state index contributed by atoms with van der Waals surface area (Å²) in [4.78, 5) is 46.8. The number of phenolic OH excluding ortho intramolecular Hbond substituents is 1. The van der Waals surface area contributed by atoms with Gasteiger partial charge in [-0.3, -0.25) is 14.5 Å². The number of aromatic hydroxyl groups is 1. The fraction of sp³-hybridized carbons (Fsp3) is 0.391. The summed E-state index contributed by atoms with van der Waals surface area (Å²) in [5.41, 5.74) is 0.378. The van der Waals surface area contributed by atoms with Crippen molar-refractivity contribution >= 4 is 22.9 Å². The first-order valence-corrected chi connectivity index (χ1v) is 10.6. The number of piperidine rings is 1. The highest BCUT2D eigenvalue weighted by molar-refractivity contribution is 6.03. The third-order valence-electron chi connectivity index (χ3n) is 5.75. The number of benzene rings is 1. The zero-order chi connectivity index (χ0) is 22.8. The van der Waals surface area contributed by atoms with E-state index in [1.54, 1.807) is 26.0 Å². The molecule has 1 aliphatic heterocycles. The Morgan fingerprint density at radius 1 is 1.25 bits per heavy atom. The average Bonchev–Trinajstić information content (AvgIpc) is 3.11. The lowest BCUT2D eigenvalue weighted by Gasteiger charge is -2.30. The molecule has 0 atom stereocenters. The number of H-pyrrole nitrogens is 1. The molecule has 0 unspecified atom stereocenters. The molecule has 32 heavy (non-hydrogen) atoms. The van der Waals surface area contributed by atoms with E-state index in [0.717, 1.165) is 0 Å². The third kappa shape index (κ3) is 4.29. The lowest BCUT2D eigenvalue weighted by Crippen LogP contribution is -2.36. The van der Waals surface area contributed by atoms with Crippen LogP contribution in [0.25, 0.3) is 11.1 Å². The number of hydrogen-bond acceptors (Lipinski definition) is 8. The highest BCUT2D eigenvalue weighted by atomic mass is 16.5. The van der Waals surface area contributed by atoms with Gasteiger partial charge in [-0.05, 0) is 64.0 Å². The highest BCUT2D eigenvalue weighted by Gasteiger charge is 2.27. The van der Waals surface area contributed by atoms with E-state index in [2.05, 4.69) is 14.9 Å². The van der Waals surface area contributed by atoms with Crippen molar-refractivity contribution in [3.8, 4) is 5.75 Å². The molecule has 168 valence electrons. The Kier molecular flexibility index (Phi) is 6.09. The number of phenols is 1. The number of likely N-dealkylation sites (tertiary alicyclic amines) is 1. The van der Waals surface area contributed by atoms with Gasteiger partial charge in [-0.15, -0.1) is 0 Å². The van der Waals surface area contributed by atoms with E-state index in [1.165, 1.54) is 12.1 Å². The van der Waals surface area contributed by atoms with Gasteiger partial charge in [-0.1, -0.05) is 0 Å². The van der Waals surface area contributed by atoms with E-state index in [0.29, 0.717) is 49.6 Å². The number of carbonyl (C=O) groups excluding carboxylic acids is 2. The number of aromatic nitrogens is 2. The first-order chi connectivity index (χ1) is 15.4. The number of esters is 1. The molecule has 0 bridgehead atoms. The Morgan fingerprint density at radius 3 is 2.59 bits per heavy atom. The summed E-state index contributed by atoms with van der Waals surface area (Å²) in [5.74, 6) is 0.262. The second kappa shape index (κ2) is 8.96. The summed E-state index contributed by atoms with van der Waals surface area (Å²) in [6, 6.07) is 6.32. The lowest BCUT2D eigenvalue weighted by molar-refractivity contribution is 0.0526. The van der Waals surface area contributed by atoms with E-state index in [4.69, 9.17) is 9.15 Å². The molecule has 0 saturated carbocycles. The molecule has 1 aliphatic rings. The van der Waals surface area contributed by atoms with Crippen LogP contribution in [0.5, 0.6) is 5.75 Å². The van der Waals surface area contributed by atoms with Gasteiger partial charge in [-0.25, -0.2) is 4.79 Å². The Hall–Kier alpha value is -3.46. The largest absolute Gasteiger partial charge is 0.508 e. The molecule has 1 fully saturated rings. The Bertz CT molecular complexity index is 1200. The van der Waals surface area contributed by atoms with Gasteiger partial charge >= 0.3 is 5.97 Å². The van der Waals surface area contributed by atoms with Gasteiger partial charge in [0.25, 0.3) is 5.56 Å². The maximum absolute atomic E-state index is 12.7. The number of ketones is 1. The van der Waals surface area contributed by atoms with E-state index in [1.807, 2.05) is 0 Å². The number of rotatable bonds is 6. The van der Waals surface area contributed by atoms with Crippen molar-refractivity contribution in [1.29, 1.82) is 0 Å². The van der Waals surface area contributed by atoms with Crippen molar-refractivity contribution in [2.75, 3.05) is 19.7 Å². The maximum atomic E-state index is 12.7. The van der Waals surface area contributed by atoms with Gasteiger partial charge < -0.3 is 19.2 Å². The van der Waals surface area contributed by atoms with Gasteiger partial charge in [0.05, 0.1) is 13.2 Å². The minimum atomic E-state index is -0.607. The van der Waals surface area contributed by atoms with Gasteiger partial charge in [0.1, 0.15) is 28.3 Å². The standard InChI is InChI=1S/C23H25N3O6/c1-3-31-23(30)18-13(2)32-22-19(18)21(29)24-17(25-22)12-26-10-8-15(9-11-26)20(28)14-4-6-16(27)7-5-14/h4-7,15,27H,3,8-12H2,1-2H3,(H,24,25,29). The van der Waals surface area contributed by atoms with E-state index >= 15 is 0 Å². The number of fused-ring (bicyclic) bond motifs is 1. The van der Waals surface area contributed by atoms with Crippen molar-refractivity contribution in [2.24, 2.45) is 5.92 Å². The van der Waals surface area contributed by atoms with Crippen LogP contribution in [0.15, 0.2) is 33.5 Å². The van der Waals surface area contributed by atoms with Crippen LogP contribution in [0.1, 0.15) is 52.1 Å². The third-order valence-corrected chi connectivity index (χ3v) is 5.75. The summed E-state index contributed by atoms with van der Waals surface area (Å²) in [6.45, 7) is 5.25. The fourth-order valence-electron chi connectivity index (χ4n) is 4.11. The number of aromatic amines is 1. The van der Waals surface area contributed by atoms with E-state index in [9.17, 15) is 19.5 Å². The molecule has 2 aromatic heterocycles. The molecule has 1 aromatic carbocycles. The zero-order valence-electron chi connectivity index (χ0n) is 18.0. The maximum Gasteiger partial charge on any atom is 0.342 e. The first kappa shape index (κ1) is 21.8. The number of Topliss-reactive ketones (excluding diaryl/α,β-unsaturated/α-hetero) is 1. The van der Waals surface area contributed by atoms with Crippen molar-refractivity contribution in [3.05, 3.63) is 57.3 Å². The lowest BCUT2D eigenvalue weighted by atomic mass is 9.89. The van der Waals surface area contributed by atoms with Gasteiger partial charge in [0.15, 0.2) is 5.78 Å². The fourth-order valence-corrected chi connectivity index (χ4v) is 4.11. The number of hydrogen-bond donors (Lipinski definition) is 2. The number of furan rings is 1. The monoisotopic (exact) mass is 439 g/mol. The molecule has 9 nitrogen and oxygen atoms in total. The number of carbonyl (C=O) groups is 2. The first-order valence-electron chi connectivity index (χ1n) is 10.6. The molecule has 3 heterocycles. The predicted octanol–water partition coefficient (Wildman–Crippen LogP) is 2.80. The average molecular weight is 439 g/mol. The van der Waals surface area contributed by atoms with Crippen LogP contribution in [0, 0.1) is 12.8 Å². The normalized spacial score (nSPS) is 15.2. The van der Waals surface area contributed by atoms with E-state index in [-0.39, 0.29) is 40.7 Å². The minimum absolute atomic E-state index is 0.0786. The summed E-state index contributed by atoms with van der Waals surface area (Å²) < 4.78 is 10.6. The molecule has 0 aliphatic carbocycles. The van der Waals surface area contributed by atoms with Crippen LogP contribution in [0.4, 0.5) is 0 Å². The van der Waals surface area contributed by atoms with Crippen molar-refractivity contribution < 1.29 is 23.8 Å². The van der Waals surface area contributed by atoms with Crippen LogP contribution in [-0.2, 0) is 11.3 Å². The quantitative estimate of drug-likeness (QED) is 0.444. The minimum Gasteiger partial charge on any atom is -0.508 e. The number of ether oxygens (including phenoxy) is 1. The van der Waals surface area contributed by atoms with Gasteiger partial charge in [-0.2, -0.15) is 4.98 Å². The molecule has 1 saturated heterocycles. The van der Waals surface area contributed by atoms with Gasteiger partial charge in [0.2, 0.25) is 5.71 Å². The second-order valence-electron chi connectivity index (χ2n) is 7.91. The molecule has 3 aromatic rings. The zero-order valence-corrected chi connectivity index (χ0v) is 18.0. The van der Waals surface area contributed by atoms with Crippen LogP contribution in [-0.4, -0.2) is 51.4 Å². The Balaban J connectivity index is 1.44. The molecule has 0 amide bonds. The summed E-state index contributed by atoms with van der Waals surface area (Å²) in [7, 11) is 0. The molecule has 9 heteroatoms. The van der Waals surface area contributed by atoms with Crippen LogP contribution >= 0.6 is 0 Å². The van der Waals surface area contributed by atoms with Crippen LogP contribution in [0.2, 0.25) is 0 Å². The smallest absolute Gasteiger partial charge is 0.342 e. The Labute approximate surface area is 184 Å². The Morgan fingerprint density at radius 2 is 1.94 bits per heavy atom. The molecule has 0 radical (unpaired) electrons. The SMILES string of the molecule is CCOC(=O)c1c(C)oc2nc(CN3CCC(C(=O)c4ccc(O)cc4)CC3)[nH]c(=O)c12. The highest BCUT2D eigenvalue weighted by Crippen LogP contribution is 2.25. The number of nitrogens with one attached hydrogen (secondary N) is 1. The van der Waals surface area contributed by atoms with Crippen molar-refractivity contribution in [3.63, 3.8) is 0 Å². The van der Waals surface area contributed by atoms with Crippen molar-refractivity contribution in [1.82, 2.24) is 14.9 Å². The molecular weight excluding hydrogens is 414 g/mol. The summed E-state index contributed by atoms with van der Waals surface area (Å²) in [6.07, 6.45) is 1.39. The molecule has 2 N–H and O–H groups in total.